The second kappa shape index (κ2) is 7.06. The molecule has 1 aromatic heterocycles. The number of nitrogens with zero attached hydrogens (tertiary/aromatic N) is 1. The van der Waals surface area contributed by atoms with Gasteiger partial charge in [-0.15, -0.1) is 0 Å². The first-order valence-corrected chi connectivity index (χ1v) is 7.87. The van der Waals surface area contributed by atoms with Crippen molar-refractivity contribution >= 4 is 34.4 Å². The Kier molecular flexibility index (Phi) is 4.66. The van der Waals surface area contributed by atoms with Crippen molar-refractivity contribution in [2.45, 2.75) is 13.8 Å². The fourth-order valence-electron chi connectivity index (χ4n) is 2.42. The molecule has 2 amide bonds. The fourth-order valence-corrected chi connectivity index (χ4v) is 2.42. The van der Waals surface area contributed by atoms with Gasteiger partial charge in [0.1, 0.15) is 0 Å². The number of aromatic amines is 1. The van der Waals surface area contributed by atoms with Crippen LogP contribution in [0.3, 0.4) is 0 Å². The van der Waals surface area contributed by atoms with Crippen LogP contribution in [0.25, 0.3) is 10.9 Å². The quantitative estimate of drug-likeness (QED) is 0.536. The van der Waals surface area contributed by atoms with Crippen LogP contribution in [0.1, 0.15) is 22.8 Å². The molecule has 0 radical (unpaired) electrons. The molecule has 132 valence electrons. The third-order valence-electron chi connectivity index (χ3n) is 3.72. The van der Waals surface area contributed by atoms with Crippen molar-refractivity contribution in [2.75, 3.05) is 10.7 Å². The summed E-state index contributed by atoms with van der Waals surface area (Å²) >= 11 is 0. The van der Waals surface area contributed by atoms with Crippen LogP contribution in [0.4, 0.5) is 11.6 Å². The largest absolute Gasteiger partial charge is 0.326 e. The molecular formula is C18H17N5O3. The molecule has 0 spiro atoms. The second-order valence-corrected chi connectivity index (χ2v) is 5.72. The van der Waals surface area contributed by atoms with Gasteiger partial charge in [0.05, 0.1) is 10.9 Å². The van der Waals surface area contributed by atoms with Crippen molar-refractivity contribution < 1.29 is 9.59 Å². The van der Waals surface area contributed by atoms with E-state index in [2.05, 4.69) is 26.1 Å². The summed E-state index contributed by atoms with van der Waals surface area (Å²) in [5.41, 5.74) is 7.01. The molecule has 4 N–H and O–H groups in total. The smallest absolute Gasteiger partial charge is 0.269 e. The highest BCUT2D eigenvalue weighted by molar-refractivity contribution is 5.97. The van der Waals surface area contributed by atoms with Crippen molar-refractivity contribution in [1.29, 1.82) is 0 Å². The Bertz CT molecular complexity index is 1060. The van der Waals surface area contributed by atoms with Crippen molar-refractivity contribution in [2.24, 2.45) is 0 Å². The minimum absolute atomic E-state index is 0.122. The minimum Gasteiger partial charge on any atom is -0.326 e. The first-order chi connectivity index (χ1) is 12.4. The highest BCUT2D eigenvalue weighted by atomic mass is 16.2. The summed E-state index contributed by atoms with van der Waals surface area (Å²) in [6.45, 7) is 3.23. The number of para-hydroxylation sites is 1. The molecule has 0 aliphatic rings. The van der Waals surface area contributed by atoms with E-state index in [1.165, 1.54) is 6.92 Å². The Balaban J connectivity index is 1.77. The number of fused-ring (bicyclic) bond motifs is 1. The lowest BCUT2D eigenvalue weighted by Crippen LogP contribution is -2.31. The highest BCUT2D eigenvalue weighted by Crippen LogP contribution is 2.17. The number of hydrazine groups is 1. The number of H-pyrrole nitrogens is 1. The standard InChI is InChI=1S/C18H17N5O3/c1-10-7-8-12(9-15(10)19-11(2)24)16(25)22-23-18-20-14-6-4-3-5-13(14)17(26)21-18/h3-9H,1-2H3,(H,19,24)(H,22,25)(H2,20,21,23,26). The SMILES string of the molecule is CC(=O)Nc1cc(C(=O)NNc2nc3ccccc3c(=O)[nH]2)ccc1C. The zero-order valence-corrected chi connectivity index (χ0v) is 14.2. The van der Waals surface area contributed by atoms with Crippen LogP contribution in [0.15, 0.2) is 47.3 Å². The highest BCUT2D eigenvalue weighted by Gasteiger charge is 2.10. The monoisotopic (exact) mass is 351 g/mol. The number of nitrogens with one attached hydrogen (secondary N) is 4. The number of carbonyl (C=O) groups is 2. The van der Waals surface area contributed by atoms with E-state index in [-0.39, 0.29) is 17.4 Å². The maximum absolute atomic E-state index is 12.3. The molecule has 8 nitrogen and oxygen atoms in total. The summed E-state index contributed by atoms with van der Waals surface area (Å²) < 4.78 is 0. The van der Waals surface area contributed by atoms with E-state index in [1.54, 1.807) is 42.5 Å². The van der Waals surface area contributed by atoms with Gasteiger partial charge in [0.25, 0.3) is 11.5 Å². The van der Waals surface area contributed by atoms with Gasteiger partial charge < -0.3 is 5.32 Å². The van der Waals surface area contributed by atoms with Crippen LogP contribution in [0.2, 0.25) is 0 Å². The Labute approximate surface area is 148 Å². The van der Waals surface area contributed by atoms with Gasteiger partial charge in [0, 0.05) is 18.2 Å². The Morgan fingerprint density at radius 2 is 1.88 bits per heavy atom. The van der Waals surface area contributed by atoms with Gasteiger partial charge >= 0.3 is 0 Å². The average Bonchev–Trinajstić information content (AvgIpc) is 2.61. The molecule has 0 unspecified atom stereocenters. The predicted molar refractivity (Wildman–Crippen MR) is 98.9 cm³/mol. The normalized spacial score (nSPS) is 10.4. The van der Waals surface area contributed by atoms with Gasteiger partial charge in [-0.2, -0.15) is 0 Å². The molecule has 0 aliphatic heterocycles. The lowest BCUT2D eigenvalue weighted by atomic mass is 10.1. The summed E-state index contributed by atoms with van der Waals surface area (Å²) in [6, 6.07) is 11.8. The van der Waals surface area contributed by atoms with E-state index < -0.39 is 5.91 Å². The molecule has 0 saturated carbocycles. The number of hydrogen-bond acceptors (Lipinski definition) is 5. The fraction of sp³-hybridized carbons (Fsp3) is 0.111. The first kappa shape index (κ1) is 17.2. The van der Waals surface area contributed by atoms with Gasteiger partial charge in [-0.05, 0) is 36.8 Å². The van der Waals surface area contributed by atoms with Crippen LogP contribution in [-0.2, 0) is 4.79 Å². The Morgan fingerprint density at radius 3 is 2.65 bits per heavy atom. The lowest BCUT2D eigenvalue weighted by molar-refractivity contribution is -0.114. The molecule has 0 bridgehead atoms. The van der Waals surface area contributed by atoms with Crippen LogP contribution in [0, 0.1) is 6.92 Å². The number of hydrogen-bond donors (Lipinski definition) is 4. The summed E-state index contributed by atoms with van der Waals surface area (Å²) in [5.74, 6) is -0.537. The van der Waals surface area contributed by atoms with Crippen molar-refractivity contribution in [3.8, 4) is 0 Å². The molecule has 3 aromatic rings. The number of rotatable bonds is 4. The number of anilines is 2. The number of amides is 2. The Morgan fingerprint density at radius 1 is 1.12 bits per heavy atom. The van der Waals surface area contributed by atoms with E-state index in [0.29, 0.717) is 22.2 Å². The number of aromatic nitrogens is 2. The summed E-state index contributed by atoms with van der Waals surface area (Å²) in [4.78, 5) is 42.3. The summed E-state index contributed by atoms with van der Waals surface area (Å²) in [7, 11) is 0. The molecule has 3 rings (SSSR count). The molecule has 0 saturated heterocycles. The van der Waals surface area contributed by atoms with E-state index in [0.717, 1.165) is 5.56 Å². The van der Waals surface area contributed by atoms with E-state index >= 15 is 0 Å². The van der Waals surface area contributed by atoms with Gasteiger partial charge in [-0.25, -0.2) is 4.98 Å². The van der Waals surface area contributed by atoms with Crippen molar-refractivity contribution in [3.05, 3.63) is 63.9 Å². The van der Waals surface area contributed by atoms with Gasteiger partial charge in [-0.3, -0.25) is 30.2 Å². The molecule has 2 aromatic carbocycles. The third kappa shape index (κ3) is 3.69. The Hall–Kier alpha value is -3.68. The summed E-state index contributed by atoms with van der Waals surface area (Å²) in [5, 5.41) is 3.13. The number of carbonyl (C=O) groups excluding carboxylic acids is 2. The molecule has 0 aliphatic carbocycles. The van der Waals surface area contributed by atoms with Crippen LogP contribution >= 0.6 is 0 Å². The van der Waals surface area contributed by atoms with Gasteiger partial charge in [-0.1, -0.05) is 18.2 Å². The van der Waals surface area contributed by atoms with Crippen LogP contribution in [-0.4, -0.2) is 21.8 Å². The molecular weight excluding hydrogens is 334 g/mol. The molecule has 0 atom stereocenters. The molecule has 8 heteroatoms. The zero-order valence-electron chi connectivity index (χ0n) is 14.2. The maximum atomic E-state index is 12.3. The second-order valence-electron chi connectivity index (χ2n) is 5.72. The predicted octanol–water partition coefficient (Wildman–Crippen LogP) is 1.95. The van der Waals surface area contributed by atoms with Crippen LogP contribution < -0.4 is 21.7 Å². The topological polar surface area (TPSA) is 116 Å². The van der Waals surface area contributed by atoms with E-state index in [9.17, 15) is 14.4 Å². The minimum atomic E-state index is -0.438. The third-order valence-corrected chi connectivity index (χ3v) is 3.72. The maximum Gasteiger partial charge on any atom is 0.269 e. The average molecular weight is 351 g/mol. The first-order valence-electron chi connectivity index (χ1n) is 7.87. The number of aryl methyl sites for hydroxylation is 1. The van der Waals surface area contributed by atoms with Gasteiger partial charge in [0.15, 0.2) is 0 Å². The van der Waals surface area contributed by atoms with Gasteiger partial charge in [0.2, 0.25) is 11.9 Å². The zero-order chi connectivity index (χ0) is 18.7. The van der Waals surface area contributed by atoms with Crippen molar-refractivity contribution in [1.82, 2.24) is 15.4 Å². The molecule has 0 fully saturated rings. The lowest BCUT2D eigenvalue weighted by Gasteiger charge is -2.11. The van der Waals surface area contributed by atoms with Crippen LogP contribution in [0.5, 0.6) is 0 Å². The molecule has 26 heavy (non-hydrogen) atoms. The summed E-state index contributed by atoms with van der Waals surface area (Å²) in [6.07, 6.45) is 0. The number of benzene rings is 2. The van der Waals surface area contributed by atoms with E-state index in [4.69, 9.17) is 0 Å². The van der Waals surface area contributed by atoms with E-state index in [1.807, 2.05) is 6.92 Å². The molecule has 1 heterocycles. The van der Waals surface area contributed by atoms with Crippen molar-refractivity contribution in [3.63, 3.8) is 0 Å².